The van der Waals surface area contributed by atoms with E-state index in [9.17, 15) is 0 Å². The maximum Gasteiger partial charge on any atom is 0.158 e. The van der Waals surface area contributed by atoms with Crippen LogP contribution in [0.3, 0.4) is 0 Å². The number of fused-ring (bicyclic) bond motifs is 1. The third-order valence-electron chi connectivity index (χ3n) is 4.81. The molecule has 23 heavy (non-hydrogen) atoms. The minimum absolute atomic E-state index is 0.659. The maximum atomic E-state index is 4.67. The Morgan fingerprint density at radius 3 is 2.87 bits per heavy atom. The highest BCUT2D eigenvalue weighted by Gasteiger charge is 2.21. The minimum Gasteiger partial charge on any atom is -0.337 e. The summed E-state index contributed by atoms with van der Waals surface area (Å²) in [7, 11) is 1.99. The molecule has 5 nitrogen and oxygen atoms in total. The van der Waals surface area contributed by atoms with Crippen LogP contribution in [0.4, 0.5) is 11.5 Å². The summed E-state index contributed by atoms with van der Waals surface area (Å²) in [6, 6.07) is 4.23. The number of imidazole rings is 1. The number of anilines is 2. The molecule has 0 unspecified atom stereocenters. The first-order chi connectivity index (χ1) is 11.3. The molecule has 0 amide bonds. The Kier molecular flexibility index (Phi) is 3.48. The van der Waals surface area contributed by atoms with E-state index in [1.165, 1.54) is 30.5 Å². The van der Waals surface area contributed by atoms with E-state index in [-0.39, 0.29) is 0 Å². The van der Waals surface area contributed by atoms with Crippen molar-refractivity contribution in [2.75, 3.05) is 5.32 Å². The summed E-state index contributed by atoms with van der Waals surface area (Å²) in [5.41, 5.74) is 5.51. The van der Waals surface area contributed by atoms with Gasteiger partial charge in [-0.15, -0.1) is 0 Å². The highest BCUT2D eigenvalue weighted by Crippen LogP contribution is 2.36. The molecule has 0 radical (unpaired) electrons. The lowest BCUT2D eigenvalue weighted by atomic mass is 9.82. The van der Waals surface area contributed by atoms with Gasteiger partial charge in [0.1, 0.15) is 5.52 Å². The van der Waals surface area contributed by atoms with Crippen molar-refractivity contribution in [2.24, 2.45) is 7.05 Å². The molecule has 1 aliphatic carbocycles. The molecule has 0 atom stereocenters. The van der Waals surface area contributed by atoms with Gasteiger partial charge in [0, 0.05) is 24.9 Å². The van der Waals surface area contributed by atoms with Crippen LogP contribution in [0.5, 0.6) is 0 Å². The van der Waals surface area contributed by atoms with Crippen molar-refractivity contribution in [1.29, 1.82) is 0 Å². The summed E-state index contributed by atoms with van der Waals surface area (Å²) >= 11 is 0. The molecule has 3 heterocycles. The molecule has 1 fully saturated rings. The fourth-order valence-electron chi connectivity index (χ4n) is 3.13. The van der Waals surface area contributed by atoms with Crippen molar-refractivity contribution in [3.8, 4) is 0 Å². The van der Waals surface area contributed by atoms with Crippen molar-refractivity contribution in [3.63, 3.8) is 0 Å². The second-order valence-corrected chi connectivity index (χ2v) is 6.26. The zero-order valence-corrected chi connectivity index (χ0v) is 13.6. The van der Waals surface area contributed by atoms with Gasteiger partial charge in [-0.2, -0.15) is 0 Å². The van der Waals surface area contributed by atoms with Gasteiger partial charge in [0.25, 0.3) is 0 Å². The van der Waals surface area contributed by atoms with Crippen molar-refractivity contribution in [1.82, 2.24) is 19.5 Å². The smallest absolute Gasteiger partial charge is 0.158 e. The zero-order chi connectivity index (χ0) is 15.8. The van der Waals surface area contributed by atoms with Gasteiger partial charge in [-0.05, 0) is 37.0 Å². The number of aryl methyl sites for hydroxylation is 2. The van der Waals surface area contributed by atoms with E-state index in [1.54, 1.807) is 0 Å². The van der Waals surface area contributed by atoms with E-state index in [1.807, 2.05) is 36.4 Å². The van der Waals surface area contributed by atoms with Gasteiger partial charge in [-0.25, -0.2) is 9.97 Å². The van der Waals surface area contributed by atoms with Crippen LogP contribution in [-0.2, 0) is 13.5 Å². The number of hydrogen-bond acceptors (Lipinski definition) is 4. The van der Waals surface area contributed by atoms with E-state index in [2.05, 4.69) is 33.3 Å². The van der Waals surface area contributed by atoms with Gasteiger partial charge < -0.3 is 9.88 Å². The summed E-state index contributed by atoms with van der Waals surface area (Å²) in [6.45, 7) is 2.18. The van der Waals surface area contributed by atoms with Crippen LogP contribution in [0, 0.1) is 0 Å². The molecule has 0 bridgehead atoms. The number of hydrogen-bond donors (Lipinski definition) is 1. The van der Waals surface area contributed by atoms with Gasteiger partial charge >= 0.3 is 0 Å². The van der Waals surface area contributed by atoms with E-state index < -0.39 is 0 Å². The molecule has 4 rings (SSSR count). The van der Waals surface area contributed by atoms with Crippen LogP contribution in [-0.4, -0.2) is 19.5 Å². The van der Waals surface area contributed by atoms with E-state index in [4.69, 9.17) is 0 Å². The first-order valence-electron chi connectivity index (χ1n) is 8.28. The fourth-order valence-corrected chi connectivity index (χ4v) is 3.13. The Morgan fingerprint density at radius 1 is 1.26 bits per heavy atom. The predicted molar refractivity (Wildman–Crippen MR) is 92.0 cm³/mol. The number of pyridine rings is 2. The number of aromatic nitrogens is 4. The van der Waals surface area contributed by atoms with Crippen molar-refractivity contribution >= 4 is 22.5 Å². The fraction of sp³-hybridized carbons (Fsp3) is 0.389. The molecular formula is C18H21N5. The van der Waals surface area contributed by atoms with Gasteiger partial charge in [0.15, 0.2) is 5.82 Å². The average molecular weight is 307 g/mol. The third kappa shape index (κ3) is 2.46. The highest BCUT2D eigenvalue weighted by atomic mass is 15.1. The zero-order valence-electron chi connectivity index (χ0n) is 13.6. The largest absolute Gasteiger partial charge is 0.337 e. The molecule has 118 valence electrons. The predicted octanol–water partition coefficient (Wildman–Crippen LogP) is 3.94. The summed E-state index contributed by atoms with van der Waals surface area (Å²) < 4.78 is 2.00. The Morgan fingerprint density at radius 2 is 2.13 bits per heavy atom. The molecule has 5 heteroatoms. The van der Waals surface area contributed by atoms with E-state index in [0.717, 1.165) is 29.0 Å². The summed E-state index contributed by atoms with van der Waals surface area (Å²) in [4.78, 5) is 13.6. The van der Waals surface area contributed by atoms with Crippen molar-refractivity contribution < 1.29 is 0 Å². The second kappa shape index (κ2) is 5.65. The molecule has 0 aromatic carbocycles. The standard InChI is InChI=1S/C18H21N5/c1-3-12-9-14(13-5-4-6-13)20-10-15(12)22-18-17-16(7-8-19-18)23(2)11-21-17/h7-11,13H,3-6H2,1-2H3,(H,19,22). The first-order valence-corrected chi connectivity index (χ1v) is 8.28. The average Bonchev–Trinajstić information content (AvgIpc) is 2.90. The lowest BCUT2D eigenvalue weighted by molar-refractivity contribution is 0.411. The number of nitrogens with zero attached hydrogens (tertiary/aromatic N) is 4. The van der Waals surface area contributed by atoms with Crippen molar-refractivity contribution in [2.45, 2.75) is 38.5 Å². The quantitative estimate of drug-likeness (QED) is 0.793. The molecular weight excluding hydrogens is 286 g/mol. The monoisotopic (exact) mass is 307 g/mol. The molecule has 0 aliphatic heterocycles. The van der Waals surface area contributed by atoms with E-state index in [0.29, 0.717) is 5.92 Å². The first kappa shape index (κ1) is 14.2. The SMILES string of the molecule is CCc1cc(C2CCC2)ncc1Nc1nccc2c1ncn2C. The number of rotatable bonds is 4. The second-order valence-electron chi connectivity index (χ2n) is 6.26. The molecule has 3 aromatic heterocycles. The van der Waals surface area contributed by atoms with Crippen LogP contribution < -0.4 is 5.32 Å². The summed E-state index contributed by atoms with van der Waals surface area (Å²) in [5.74, 6) is 1.45. The number of nitrogens with one attached hydrogen (secondary N) is 1. The molecule has 1 N–H and O–H groups in total. The highest BCUT2D eigenvalue weighted by molar-refractivity contribution is 5.88. The molecule has 3 aromatic rings. The Hall–Kier alpha value is -2.43. The van der Waals surface area contributed by atoms with Crippen LogP contribution in [0.1, 0.15) is 43.4 Å². The Balaban J connectivity index is 1.69. The van der Waals surface area contributed by atoms with Crippen LogP contribution >= 0.6 is 0 Å². The van der Waals surface area contributed by atoms with Gasteiger partial charge in [-0.1, -0.05) is 13.3 Å². The molecule has 0 spiro atoms. The van der Waals surface area contributed by atoms with E-state index >= 15 is 0 Å². The van der Waals surface area contributed by atoms with Crippen LogP contribution in [0.15, 0.2) is 30.9 Å². The Bertz CT molecular complexity index is 848. The summed E-state index contributed by atoms with van der Waals surface area (Å²) in [6.07, 6.45) is 10.4. The minimum atomic E-state index is 0.659. The van der Waals surface area contributed by atoms with Gasteiger partial charge in [0.05, 0.1) is 23.7 Å². The van der Waals surface area contributed by atoms with Gasteiger partial charge in [-0.3, -0.25) is 4.98 Å². The topological polar surface area (TPSA) is 55.6 Å². The van der Waals surface area contributed by atoms with Crippen LogP contribution in [0.2, 0.25) is 0 Å². The lowest BCUT2D eigenvalue weighted by Gasteiger charge is -2.25. The van der Waals surface area contributed by atoms with Crippen LogP contribution in [0.25, 0.3) is 11.0 Å². The lowest BCUT2D eigenvalue weighted by Crippen LogP contribution is -2.11. The third-order valence-corrected chi connectivity index (χ3v) is 4.81. The molecule has 0 saturated heterocycles. The Labute approximate surface area is 135 Å². The normalized spacial score (nSPS) is 14.9. The van der Waals surface area contributed by atoms with Gasteiger partial charge in [0.2, 0.25) is 0 Å². The molecule has 1 aliphatic rings. The van der Waals surface area contributed by atoms with Crippen molar-refractivity contribution in [3.05, 3.63) is 42.1 Å². The summed E-state index contributed by atoms with van der Waals surface area (Å²) in [5, 5.41) is 3.43. The molecule has 1 saturated carbocycles. The maximum absolute atomic E-state index is 4.67.